The van der Waals surface area contributed by atoms with Gasteiger partial charge in [0, 0.05) is 44.2 Å². The number of hydrogen-bond acceptors (Lipinski definition) is 4. The van der Waals surface area contributed by atoms with Crippen LogP contribution in [0.5, 0.6) is 5.88 Å². The van der Waals surface area contributed by atoms with E-state index in [1.54, 1.807) is 6.20 Å². The number of carbonyl (C=O) groups is 2. The molecule has 0 radical (unpaired) electrons. The predicted molar refractivity (Wildman–Crippen MR) is 87.2 cm³/mol. The molecule has 2 aliphatic heterocycles. The molecule has 6 nitrogen and oxygen atoms in total. The summed E-state index contributed by atoms with van der Waals surface area (Å²) in [5.41, 5.74) is -0.492. The van der Waals surface area contributed by atoms with Gasteiger partial charge in [0.25, 0.3) is 0 Å². The molecule has 2 atom stereocenters. The standard InChI is InChI=1S/C18H23N3O3/c22-16(9-13-4-5-13)21-8-6-18(12-21)14(10-20-17(18)23)11-24-15-3-1-2-7-19-15/h1-3,7,13-14H,4-6,8-12H2,(H,20,23)/t14-,18-/m0/s1. The van der Waals surface area contributed by atoms with Crippen molar-refractivity contribution in [3.05, 3.63) is 24.4 Å². The van der Waals surface area contributed by atoms with Gasteiger partial charge in [0.1, 0.15) is 0 Å². The molecule has 0 aromatic carbocycles. The molecule has 1 aliphatic carbocycles. The Morgan fingerprint density at radius 3 is 3.04 bits per heavy atom. The third-order valence-corrected chi connectivity index (χ3v) is 5.63. The summed E-state index contributed by atoms with van der Waals surface area (Å²) in [4.78, 5) is 30.9. The monoisotopic (exact) mass is 329 g/mol. The number of hydrogen-bond donors (Lipinski definition) is 1. The molecule has 24 heavy (non-hydrogen) atoms. The lowest BCUT2D eigenvalue weighted by Crippen LogP contribution is -2.41. The summed E-state index contributed by atoms with van der Waals surface area (Å²) >= 11 is 0. The Balaban J connectivity index is 1.41. The van der Waals surface area contributed by atoms with E-state index in [-0.39, 0.29) is 17.7 Å². The van der Waals surface area contributed by atoms with E-state index >= 15 is 0 Å². The third-order valence-electron chi connectivity index (χ3n) is 5.63. The van der Waals surface area contributed by atoms with Gasteiger partial charge in [-0.1, -0.05) is 6.07 Å². The predicted octanol–water partition coefficient (Wildman–Crippen LogP) is 1.23. The van der Waals surface area contributed by atoms with E-state index in [4.69, 9.17) is 4.74 Å². The number of likely N-dealkylation sites (tertiary alicyclic amines) is 1. The minimum absolute atomic E-state index is 0.0684. The lowest BCUT2D eigenvalue weighted by atomic mass is 9.77. The van der Waals surface area contributed by atoms with Crippen LogP contribution in [0.2, 0.25) is 0 Å². The highest BCUT2D eigenvalue weighted by atomic mass is 16.5. The fourth-order valence-electron chi connectivity index (χ4n) is 3.87. The Labute approximate surface area is 141 Å². The zero-order valence-corrected chi connectivity index (χ0v) is 13.7. The van der Waals surface area contributed by atoms with Crippen LogP contribution in [0.15, 0.2) is 24.4 Å². The Morgan fingerprint density at radius 2 is 2.29 bits per heavy atom. The minimum Gasteiger partial charge on any atom is -0.477 e. The molecule has 0 unspecified atom stereocenters. The van der Waals surface area contributed by atoms with Crippen LogP contribution < -0.4 is 10.1 Å². The zero-order valence-electron chi connectivity index (χ0n) is 13.7. The number of nitrogens with zero attached hydrogens (tertiary/aromatic N) is 2. The summed E-state index contributed by atoms with van der Waals surface area (Å²) in [6.07, 6.45) is 5.41. The fraction of sp³-hybridized carbons (Fsp3) is 0.611. The molecule has 1 spiro atoms. The first-order valence-electron chi connectivity index (χ1n) is 8.77. The molecule has 1 N–H and O–H groups in total. The van der Waals surface area contributed by atoms with E-state index in [2.05, 4.69) is 10.3 Å². The van der Waals surface area contributed by atoms with Crippen molar-refractivity contribution in [2.45, 2.75) is 25.7 Å². The van der Waals surface area contributed by atoms with Gasteiger partial charge in [-0.25, -0.2) is 4.98 Å². The highest BCUT2D eigenvalue weighted by Gasteiger charge is 2.55. The van der Waals surface area contributed by atoms with Crippen molar-refractivity contribution >= 4 is 11.8 Å². The molecule has 128 valence electrons. The van der Waals surface area contributed by atoms with E-state index in [0.29, 0.717) is 44.5 Å². The van der Waals surface area contributed by atoms with Gasteiger partial charge < -0.3 is 15.0 Å². The second kappa shape index (κ2) is 6.07. The third kappa shape index (κ3) is 2.85. The van der Waals surface area contributed by atoms with Gasteiger partial charge in [-0.05, 0) is 31.2 Å². The quantitative estimate of drug-likeness (QED) is 0.882. The Morgan fingerprint density at radius 1 is 1.42 bits per heavy atom. The smallest absolute Gasteiger partial charge is 0.228 e. The molecule has 6 heteroatoms. The average Bonchev–Trinajstić information content (AvgIpc) is 3.21. The van der Waals surface area contributed by atoms with Crippen LogP contribution in [0.3, 0.4) is 0 Å². The van der Waals surface area contributed by atoms with E-state index < -0.39 is 5.41 Å². The molecular formula is C18H23N3O3. The SMILES string of the molecule is O=C(CC1CC1)N1CC[C@@]2(C1)C(=O)NC[C@H]2COc1ccccn1. The van der Waals surface area contributed by atoms with E-state index in [1.807, 2.05) is 23.1 Å². The highest BCUT2D eigenvalue weighted by Crippen LogP contribution is 2.42. The summed E-state index contributed by atoms with van der Waals surface area (Å²) in [6, 6.07) is 5.54. The second-order valence-corrected chi connectivity index (χ2v) is 7.25. The average molecular weight is 329 g/mol. The number of ether oxygens (including phenoxy) is 1. The Kier molecular flexibility index (Phi) is 3.90. The molecule has 4 rings (SSSR count). The van der Waals surface area contributed by atoms with Crippen LogP contribution in [0.4, 0.5) is 0 Å². The molecule has 2 amide bonds. The summed E-state index contributed by atoms with van der Waals surface area (Å²) in [7, 11) is 0. The molecule has 3 heterocycles. The number of rotatable bonds is 5. The summed E-state index contributed by atoms with van der Waals surface area (Å²) in [5.74, 6) is 1.50. The van der Waals surface area contributed by atoms with Crippen molar-refractivity contribution < 1.29 is 14.3 Å². The fourth-order valence-corrected chi connectivity index (χ4v) is 3.87. The largest absolute Gasteiger partial charge is 0.477 e. The van der Waals surface area contributed by atoms with Crippen molar-refractivity contribution in [3.8, 4) is 5.88 Å². The van der Waals surface area contributed by atoms with E-state index in [0.717, 1.165) is 6.42 Å². The van der Waals surface area contributed by atoms with Crippen molar-refractivity contribution in [1.29, 1.82) is 0 Å². The van der Waals surface area contributed by atoms with Crippen LogP contribution >= 0.6 is 0 Å². The van der Waals surface area contributed by atoms with E-state index in [1.165, 1.54) is 12.8 Å². The highest BCUT2D eigenvalue weighted by molar-refractivity contribution is 5.87. The number of carbonyl (C=O) groups excluding carboxylic acids is 2. The maximum Gasteiger partial charge on any atom is 0.228 e. The lowest BCUT2D eigenvalue weighted by Gasteiger charge is -2.28. The lowest BCUT2D eigenvalue weighted by molar-refractivity contribution is -0.132. The Hall–Kier alpha value is -2.11. The normalized spacial score (nSPS) is 29.1. The first kappa shape index (κ1) is 15.4. The molecule has 3 aliphatic rings. The molecule has 2 saturated heterocycles. The topological polar surface area (TPSA) is 71.5 Å². The van der Waals surface area contributed by atoms with Gasteiger partial charge in [-0.3, -0.25) is 9.59 Å². The maximum atomic E-state index is 12.5. The number of amides is 2. The van der Waals surface area contributed by atoms with E-state index in [9.17, 15) is 9.59 Å². The van der Waals surface area contributed by atoms with Crippen molar-refractivity contribution in [1.82, 2.24) is 15.2 Å². The van der Waals surface area contributed by atoms with Crippen LogP contribution in [-0.2, 0) is 9.59 Å². The summed E-state index contributed by atoms with van der Waals surface area (Å²) in [5, 5.41) is 2.97. The van der Waals surface area contributed by atoms with Gasteiger partial charge in [0.2, 0.25) is 17.7 Å². The second-order valence-electron chi connectivity index (χ2n) is 7.25. The summed E-state index contributed by atoms with van der Waals surface area (Å²) < 4.78 is 5.79. The van der Waals surface area contributed by atoms with Gasteiger partial charge in [-0.15, -0.1) is 0 Å². The first-order chi connectivity index (χ1) is 11.7. The molecular weight excluding hydrogens is 306 g/mol. The maximum absolute atomic E-state index is 12.5. The van der Waals surface area contributed by atoms with Crippen LogP contribution in [0.25, 0.3) is 0 Å². The first-order valence-corrected chi connectivity index (χ1v) is 8.77. The molecule has 1 aromatic rings. The zero-order chi connectivity index (χ0) is 16.6. The molecule has 3 fully saturated rings. The van der Waals surface area contributed by atoms with Crippen LogP contribution in [-0.4, -0.2) is 47.9 Å². The number of nitrogens with one attached hydrogen (secondary N) is 1. The molecule has 1 saturated carbocycles. The van der Waals surface area contributed by atoms with Gasteiger partial charge in [0.05, 0.1) is 12.0 Å². The number of pyridine rings is 1. The summed E-state index contributed by atoms with van der Waals surface area (Å²) in [6.45, 7) is 2.26. The molecule has 0 bridgehead atoms. The Bertz CT molecular complexity index is 632. The van der Waals surface area contributed by atoms with Crippen molar-refractivity contribution in [2.24, 2.45) is 17.3 Å². The number of aromatic nitrogens is 1. The van der Waals surface area contributed by atoms with Gasteiger partial charge in [0.15, 0.2) is 0 Å². The van der Waals surface area contributed by atoms with Gasteiger partial charge in [-0.2, -0.15) is 0 Å². The van der Waals surface area contributed by atoms with Crippen molar-refractivity contribution in [2.75, 3.05) is 26.2 Å². The molecule has 1 aromatic heterocycles. The van der Waals surface area contributed by atoms with Crippen molar-refractivity contribution in [3.63, 3.8) is 0 Å². The minimum atomic E-state index is -0.492. The van der Waals surface area contributed by atoms with Gasteiger partial charge >= 0.3 is 0 Å². The van der Waals surface area contributed by atoms with Crippen LogP contribution in [0.1, 0.15) is 25.7 Å². The van der Waals surface area contributed by atoms with Crippen LogP contribution in [0, 0.1) is 17.3 Å².